The van der Waals surface area contributed by atoms with Crippen LogP contribution in [-0.4, -0.2) is 34.6 Å². The summed E-state index contributed by atoms with van der Waals surface area (Å²) < 4.78 is 16.4. The lowest BCUT2D eigenvalue weighted by Crippen LogP contribution is -2.40. The predicted molar refractivity (Wildman–Crippen MR) is 135 cm³/mol. The van der Waals surface area contributed by atoms with Gasteiger partial charge in [0.1, 0.15) is 5.82 Å². The molecule has 0 aliphatic carbocycles. The highest BCUT2D eigenvalue weighted by Gasteiger charge is 2.23. The van der Waals surface area contributed by atoms with E-state index in [4.69, 9.17) is 21.2 Å². The third kappa shape index (κ3) is 5.78. The molecule has 0 saturated heterocycles. The highest BCUT2D eigenvalue weighted by Crippen LogP contribution is 2.35. The number of rotatable bonds is 10. The summed E-state index contributed by atoms with van der Waals surface area (Å²) >= 11 is 3.56. The van der Waals surface area contributed by atoms with Crippen LogP contribution in [0.1, 0.15) is 44.1 Å². The van der Waals surface area contributed by atoms with Crippen LogP contribution in [0.2, 0.25) is 0 Å². The maximum Gasteiger partial charge on any atom is 0.333 e. The molecule has 11 heteroatoms. The average Bonchev–Trinajstić information content (AvgIpc) is 3.14. The quantitative estimate of drug-likeness (QED) is 0.227. The molecule has 0 saturated carbocycles. The van der Waals surface area contributed by atoms with Gasteiger partial charge in [0.25, 0.3) is 5.56 Å². The lowest BCUT2D eigenvalue weighted by molar-refractivity contribution is 0.370. The number of unbranched alkanes of at least 4 members (excludes halogenated alkanes) is 1. The molecule has 2 N–H and O–H groups in total. The second-order valence-corrected chi connectivity index (χ2v) is 11.0. The van der Waals surface area contributed by atoms with E-state index in [1.807, 2.05) is 42.7 Å². The van der Waals surface area contributed by atoms with E-state index in [-0.39, 0.29) is 37.4 Å². The van der Waals surface area contributed by atoms with E-state index in [9.17, 15) is 14.2 Å². The lowest BCUT2D eigenvalue weighted by Gasteiger charge is -2.14. The van der Waals surface area contributed by atoms with Gasteiger partial charge in [-0.3, -0.25) is 13.9 Å². The van der Waals surface area contributed by atoms with Crippen molar-refractivity contribution in [3.8, 4) is 12.3 Å². The number of hydrogen-bond donors (Lipinski definition) is 2. The van der Waals surface area contributed by atoms with Crippen LogP contribution in [0, 0.1) is 12.3 Å². The smallest absolute Gasteiger partial charge is 0.324 e. The zero-order valence-corrected chi connectivity index (χ0v) is 21.6. The molecule has 0 aliphatic heterocycles. The Kier molecular flexibility index (Phi) is 8.37. The first-order chi connectivity index (χ1) is 16.0. The highest BCUT2D eigenvalue weighted by molar-refractivity contribution is 9.10. The molecule has 0 unspecified atom stereocenters. The van der Waals surface area contributed by atoms with E-state index >= 15 is 0 Å². The van der Waals surface area contributed by atoms with Gasteiger partial charge in [-0.2, -0.15) is 0 Å². The molecule has 0 fully saturated rings. The van der Waals surface area contributed by atoms with E-state index in [1.54, 1.807) is 0 Å². The normalized spacial score (nSPS) is 11.9. The molecule has 0 aliphatic rings. The Hall–Kier alpha value is -2.44. The first kappa shape index (κ1) is 26.2. The number of aromatic nitrogens is 4. The monoisotopic (exact) mass is 550 g/mol. The summed E-state index contributed by atoms with van der Waals surface area (Å²) in [6.45, 7) is 3.89. The second-order valence-electron chi connectivity index (χ2n) is 8.38. The molecule has 0 amide bonds. The summed E-state index contributed by atoms with van der Waals surface area (Å²) in [5, 5.41) is 0. The van der Waals surface area contributed by atoms with Gasteiger partial charge in [0, 0.05) is 29.6 Å². The summed E-state index contributed by atoms with van der Waals surface area (Å²) in [5.74, 6) is 3.05. The lowest BCUT2D eigenvalue weighted by atomic mass is 10.1. The molecule has 182 valence electrons. The van der Waals surface area contributed by atoms with Gasteiger partial charge in [-0.15, -0.1) is 6.42 Å². The molecule has 2 heterocycles. The first-order valence-electron chi connectivity index (χ1n) is 11.0. The summed E-state index contributed by atoms with van der Waals surface area (Å²) in [7, 11) is -4.13. The number of nitrogens with zero attached hydrogens (tertiary/aromatic N) is 4. The van der Waals surface area contributed by atoms with Crippen molar-refractivity contribution < 1.29 is 14.4 Å². The fraction of sp³-hybridized carbons (Fsp3) is 0.435. The molecular weight excluding hydrogens is 523 g/mol. The largest absolute Gasteiger partial charge is 0.333 e. The van der Waals surface area contributed by atoms with Crippen LogP contribution in [0.5, 0.6) is 0 Å². The minimum atomic E-state index is -4.13. The van der Waals surface area contributed by atoms with Gasteiger partial charge in [0.05, 0.1) is 6.54 Å². The highest BCUT2D eigenvalue weighted by atomic mass is 79.9. The molecule has 34 heavy (non-hydrogen) atoms. The van der Waals surface area contributed by atoms with Crippen LogP contribution in [0.15, 0.2) is 38.3 Å². The summed E-state index contributed by atoms with van der Waals surface area (Å²) in [5.41, 5.74) is 0.622. The van der Waals surface area contributed by atoms with Crippen molar-refractivity contribution in [2.45, 2.75) is 58.7 Å². The Morgan fingerprint density at radius 1 is 1.15 bits per heavy atom. The molecule has 0 radical (unpaired) electrons. The third-order valence-corrected chi connectivity index (χ3v) is 7.23. The molecular formula is C23H28BrN4O5P. The molecule has 1 aromatic carbocycles. The molecule has 0 bridgehead atoms. The van der Waals surface area contributed by atoms with Crippen molar-refractivity contribution in [3.63, 3.8) is 0 Å². The van der Waals surface area contributed by atoms with Crippen LogP contribution >= 0.6 is 23.5 Å². The topological polar surface area (TPSA) is 119 Å². The second kappa shape index (κ2) is 10.9. The van der Waals surface area contributed by atoms with Crippen molar-refractivity contribution in [2.24, 2.45) is 0 Å². The van der Waals surface area contributed by atoms with Crippen LogP contribution in [0.4, 0.5) is 0 Å². The van der Waals surface area contributed by atoms with Crippen LogP contribution in [-0.2, 0) is 30.5 Å². The predicted octanol–water partition coefficient (Wildman–Crippen LogP) is 3.08. The van der Waals surface area contributed by atoms with E-state index in [2.05, 4.69) is 21.9 Å². The van der Waals surface area contributed by atoms with Crippen LogP contribution in [0.25, 0.3) is 11.2 Å². The van der Waals surface area contributed by atoms with Crippen molar-refractivity contribution in [1.29, 1.82) is 0 Å². The number of aryl methyl sites for hydroxylation is 3. The van der Waals surface area contributed by atoms with Gasteiger partial charge in [0.15, 0.2) is 11.2 Å². The summed E-state index contributed by atoms with van der Waals surface area (Å²) in [4.78, 5) is 49.4. The molecule has 9 nitrogen and oxygen atoms in total. The zero-order chi connectivity index (χ0) is 25.0. The SMILES string of the molecule is C#CCn1c(=O)c2c(nc(CCc3ccccc3Br)n2C(C)C)n(CCCCP(=O)(O)O)c1=O. The van der Waals surface area contributed by atoms with Crippen molar-refractivity contribution in [2.75, 3.05) is 6.16 Å². The van der Waals surface area contributed by atoms with Crippen molar-refractivity contribution >= 4 is 34.7 Å². The Morgan fingerprint density at radius 3 is 2.47 bits per heavy atom. The fourth-order valence-electron chi connectivity index (χ4n) is 4.00. The molecule has 2 aromatic heterocycles. The van der Waals surface area contributed by atoms with Crippen molar-refractivity contribution in [1.82, 2.24) is 18.7 Å². The van der Waals surface area contributed by atoms with Gasteiger partial charge < -0.3 is 14.4 Å². The number of halogens is 1. The van der Waals surface area contributed by atoms with Gasteiger partial charge >= 0.3 is 13.3 Å². The number of benzene rings is 1. The number of fused-ring (bicyclic) bond motifs is 1. The molecule has 3 rings (SSSR count). The van der Waals surface area contributed by atoms with Gasteiger partial charge in [-0.05, 0) is 44.7 Å². The maximum atomic E-state index is 13.3. The minimum Gasteiger partial charge on any atom is -0.324 e. The van der Waals surface area contributed by atoms with E-state index in [0.717, 1.165) is 14.6 Å². The number of hydrogen-bond acceptors (Lipinski definition) is 4. The number of imidazole rings is 1. The number of terminal acetylenes is 1. The minimum absolute atomic E-state index is 0.0909. The molecule has 0 spiro atoms. The Bertz CT molecular complexity index is 1390. The van der Waals surface area contributed by atoms with Gasteiger partial charge in [0.2, 0.25) is 0 Å². The van der Waals surface area contributed by atoms with Gasteiger partial charge in [-0.25, -0.2) is 14.3 Å². The van der Waals surface area contributed by atoms with Crippen LogP contribution in [0.3, 0.4) is 0 Å². The van der Waals surface area contributed by atoms with Crippen LogP contribution < -0.4 is 11.2 Å². The Balaban J connectivity index is 2.11. The third-order valence-electron chi connectivity index (χ3n) is 5.55. The Labute approximate surface area is 205 Å². The standard InChI is InChI=1S/C23H28BrN4O5P/c1-4-13-27-22(29)20-21(26(23(27)30)14-7-8-15-34(31,32)33)25-19(28(20)16(2)3)12-11-17-9-5-6-10-18(17)24/h1,5-6,9-10,16H,7-8,11-15H2,2-3H3,(H2,31,32,33). The fourth-order valence-corrected chi connectivity index (χ4v) is 5.12. The molecule has 3 aromatic rings. The zero-order valence-electron chi connectivity index (χ0n) is 19.1. The average molecular weight is 551 g/mol. The van der Waals surface area contributed by atoms with Crippen molar-refractivity contribution in [3.05, 3.63) is 61.0 Å². The maximum absolute atomic E-state index is 13.3. The Morgan fingerprint density at radius 2 is 1.85 bits per heavy atom. The summed E-state index contributed by atoms with van der Waals surface area (Å²) in [6, 6.07) is 7.79. The first-order valence-corrected chi connectivity index (χ1v) is 13.6. The van der Waals surface area contributed by atoms with E-state index in [1.165, 1.54) is 4.57 Å². The van der Waals surface area contributed by atoms with E-state index in [0.29, 0.717) is 30.6 Å². The van der Waals surface area contributed by atoms with E-state index < -0.39 is 18.8 Å². The summed E-state index contributed by atoms with van der Waals surface area (Å²) in [6.07, 6.45) is 6.95. The molecule has 0 atom stereocenters. The van der Waals surface area contributed by atoms with Gasteiger partial charge in [-0.1, -0.05) is 40.0 Å².